The predicted molar refractivity (Wildman–Crippen MR) is 87.1 cm³/mol. The van der Waals surface area contributed by atoms with Crippen LogP contribution in [0.15, 0.2) is 24.3 Å². The largest absolute Gasteiger partial charge is 0.389 e. The minimum atomic E-state index is -3.34. The molecule has 20 heavy (non-hydrogen) atoms. The van der Waals surface area contributed by atoms with Crippen LogP contribution >= 0.6 is 12.2 Å². The molecule has 0 fully saturated rings. The molecule has 0 radical (unpaired) electrons. The molecule has 0 aliphatic heterocycles. The van der Waals surface area contributed by atoms with Crippen LogP contribution < -0.4 is 10.5 Å². The highest BCUT2D eigenvalue weighted by molar-refractivity contribution is 7.88. The smallest absolute Gasteiger partial charge is 0.215 e. The fourth-order valence-electron chi connectivity index (χ4n) is 1.92. The minimum absolute atomic E-state index is 0.0890. The number of unbranched alkanes of at least 4 members (excludes halogenated alkanes) is 3. The summed E-state index contributed by atoms with van der Waals surface area (Å²) in [6.45, 7) is 2.61. The van der Waals surface area contributed by atoms with E-state index in [2.05, 4.69) is 11.6 Å². The summed E-state index contributed by atoms with van der Waals surface area (Å²) in [5.74, 6) is -0.0890. The van der Waals surface area contributed by atoms with Gasteiger partial charge in [0.05, 0.1) is 5.75 Å². The zero-order valence-corrected chi connectivity index (χ0v) is 13.4. The molecule has 0 heterocycles. The van der Waals surface area contributed by atoms with Gasteiger partial charge in [-0.3, -0.25) is 0 Å². The number of benzene rings is 1. The van der Waals surface area contributed by atoms with Crippen molar-refractivity contribution in [3.8, 4) is 0 Å². The molecule has 1 rings (SSSR count). The summed E-state index contributed by atoms with van der Waals surface area (Å²) >= 11 is 4.94. The number of thiocarbonyl (C=S) groups is 1. The van der Waals surface area contributed by atoms with E-state index in [0.717, 1.165) is 25.7 Å². The molecular weight excluding hydrogens is 292 g/mol. The van der Waals surface area contributed by atoms with E-state index in [1.807, 2.05) is 0 Å². The Kier molecular flexibility index (Phi) is 7.12. The summed E-state index contributed by atoms with van der Waals surface area (Å²) in [6.07, 6.45) is 4.17. The average molecular weight is 314 g/mol. The lowest BCUT2D eigenvalue weighted by atomic mass is 10.1. The van der Waals surface area contributed by atoms with E-state index in [0.29, 0.717) is 17.7 Å². The summed E-state index contributed by atoms with van der Waals surface area (Å²) in [5.41, 5.74) is 6.87. The van der Waals surface area contributed by atoms with Crippen molar-refractivity contribution in [1.29, 1.82) is 0 Å². The van der Waals surface area contributed by atoms with Gasteiger partial charge in [-0.05, 0) is 12.0 Å². The molecule has 0 aliphatic rings. The second-order valence-corrected chi connectivity index (χ2v) is 6.98. The normalized spacial score (nSPS) is 11.4. The zero-order valence-electron chi connectivity index (χ0n) is 11.8. The van der Waals surface area contributed by atoms with Crippen LogP contribution in [0.3, 0.4) is 0 Å². The third-order valence-corrected chi connectivity index (χ3v) is 4.54. The quantitative estimate of drug-likeness (QED) is 0.542. The topological polar surface area (TPSA) is 72.2 Å². The molecule has 0 unspecified atom stereocenters. The zero-order chi connectivity index (χ0) is 15.0. The lowest BCUT2D eigenvalue weighted by molar-refractivity contribution is 0.573. The third-order valence-electron chi connectivity index (χ3n) is 2.98. The van der Waals surface area contributed by atoms with Crippen molar-refractivity contribution < 1.29 is 8.42 Å². The first-order valence-corrected chi connectivity index (χ1v) is 8.87. The summed E-state index contributed by atoms with van der Waals surface area (Å²) in [7, 11) is -3.34. The van der Waals surface area contributed by atoms with Crippen molar-refractivity contribution in [2.75, 3.05) is 6.54 Å². The monoisotopic (exact) mass is 314 g/mol. The molecule has 0 spiro atoms. The van der Waals surface area contributed by atoms with Crippen LogP contribution in [0.1, 0.15) is 43.7 Å². The van der Waals surface area contributed by atoms with Crippen molar-refractivity contribution in [1.82, 2.24) is 4.72 Å². The summed E-state index contributed by atoms with van der Waals surface area (Å²) in [6, 6.07) is 7.07. The molecule has 0 saturated heterocycles. The maximum Gasteiger partial charge on any atom is 0.215 e. The molecule has 0 aliphatic carbocycles. The van der Waals surface area contributed by atoms with Gasteiger partial charge in [-0.2, -0.15) is 0 Å². The van der Waals surface area contributed by atoms with Crippen LogP contribution in [0.5, 0.6) is 0 Å². The Bertz CT molecular complexity index is 542. The van der Waals surface area contributed by atoms with Gasteiger partial charge in [-0.15, -0.1) is 0 Å². The minimum Gasteiger partial charge on any atom is -0.389 e. The van der Waals surface area contributed by atoms with Gasteiger partial charge >= 0.3 is 0 Å². The van der Waals surface area contributed by atoms with Crippen LogP contribution in [-0.2, 0) is 15.8 Å². The van der Waals surface area contributed by atoms with E-state index in [1.54, 1.807) is 24.3 Å². The maximum atomic E-state index is 12.0. The molecule has 0 bridgehead atoms. The van der Waals surface area contributed by atoms with Crippen molar-refractivity contribution in [3.63, 3.8) is 0 Å². The second kappa shape index (κ2) is 8.34. The van der Waals surface area contributed by atoms with E-state index in [1.165, 1.54) is 0 Å². The fourth-order valence-corrected chi connectivity index (χ4v) is 3.34. The number of nitrogens with one attached hydrogen (secondary N) is 1. The van der Waals surface area contributed by atoms with E-state index in [4.69, 9.17) is 18.0 Å². The van der Waals surface area contributed by atoms with E-state index >= 15 is 0 Å². The Morgan fingerprint density at radius 1 is 1.25 bits per heavy atom. The van der Waals surface area contributed by atoms with Crippen LogP contribution in [-0.4, -0.2) is 20.0 Å². The number of sulfonamides is 1. The molecule has 0 aromatic heterocycles. The Labute approximate surface area is 126 Å². The van der Waals surface area contributed by atoms with Crippen molar-refractivity contribution >= 4 is 27.2 Å². The number of rotatable bonds is 9. The molecule has 0 atom stereocenters. The van der Waals surface area contributed by atoms with Gasteiger partial charge in [0.1, 0.15) is 4.99 Å². The molecule has 0 amide bonds. The Balaban J connectivity index is 2.60. The first kappa shape index (κ1) is 17.1. The van der Waals surface area contributed by atoms with E-state index in [9.17, 15) is 8.42 Å². The Morgan fingerprint density at radius 3 is 2.60 bits per heavy atom. The van der Waals surface area contributed by atoms with Gasteiger partial charge in [-0.25, -0.2) is 13.1 Å². The first-order valence-electron chi connectivity index (χ1n) is 6.81. The lowest BCUT2D eigenvalue weighted by Crippen LogP contribution is -2.27. The van der Waals surface area contributed by atoms with Crippen molar-refractivity contribution in [3.05, 3.63) is 35.4 Å². The van der Waals surface area contributed by atoms with E-state index in [-0.39, 0.29) is 10.7 Å². The standard InChI is InChI=1S/C14H22N2O2S2/c1-2-3-4-7-10-16-20(17,18)11-12-8-5-6-9-13(12)14(15)19/h5-6,8-9,16H,2-4,7,10-11H2,1H3,(H2,15,19). The fraction of sp³-hybridized carbons (Fsp3) is 0.500. The summed E-state index contributed by atoms with van der Waals surface area (Å²) < 4.78 is 26.6. The van der Waals surface area contributed by atoms with Crippen LogP contribution in [0, 0.1) is 0 Å². The third kappa shape index (κ3) is 5.98. The van der Waals surface area contributed by atoms with Gasteiger partial charge in [0, 0.05) is 12.1 Å². The van der Waals surface area contributed by atoms with Crippen LogP contribution in [0.4, 0.5) is 0 Å². The molecular formula is C14H22N2O2S2. The van der Waals surface area contributed by atoms with Gasteiger partial charge in [-0.1, -0.05) is 62.7 Å². The SMILES string of the molecule is CCCCCCNS(=O)(=O)Cc1ccccc1C(N)=S. The van der Waals surface area contributed by atoms with Crippen LogP contribution in [0.2, 0.25) is 0 Å². The molecule has 6 heteroatoms. The number of nitrogens with two attached hydrogens (primary N) is 1. The van der Waals surface area contributed by atoms with Gasteiger partial charge in [0.2, 0.25) is 10.0 Å². The summed E-state index contributed by atoms with van der Waals surface area (Å²) in [4.78, 5) is 0.221. The average Bonchev–Trinajstić information content (AvgIpc) is 2.38. The first-order chi connectivity index (χ1) is 9.46. The maximum absolute atomic E-state index is 12.0. The lowest BCUT2D eigenvalue weighted by Gasteiger charge is -2.10. The van der Waals surface area contributed by atoms with Gasteiger partial charge in [0.25, 0.3) is 0 Å². The Morgan fingerprint density at radius 2 is 1.95 bits per heavy atom. The molecule has 112 valence electrons. The molecule has 1 aromatic carbocycles. The number of hydrogen-bond donors (Lipinski definition) is 2. The highest BCUT2D eigenvalue weighted by Crippen LogP contribution is 2.12. The molecule has 1 aromatic rings. The summed E-state index contributed by atoms with van der Waals surface area (Å²) in [5, 5.41) is 0. The van der Waals surface area contributed by atoms with Crippen molar-refractivity contribution in [2.24, 2.45) is 5.73 Å². The Hall–Kier alpha value is -0.980. The van der Waals surface area contributed by atoms with Crippen LogP contribution in [0.25, 0.3) is 0 Å². The highest BCUT2D eigenvalue weighted by atomic mass is 32.2. The highest BCUT2D eigenvalue weighted by Gasteiger charge is 2.14. The second-order valence-electron chi connectivity index (χ2n) is 4.74. The van der Waals surface area contributed by atoms with Crippen molar-refractivity contribution in [2.45, 2.75) is 38.4 Å². The van der Waals surface area contributed by atoms with Gasteiger partial charge in [0.15, 0.2) is 0 Å². The predicted octanol–water partition coefficient (Wildman–Crippen LogP) is 2.32. The van der Waals surface area contributed by atoms with E-state index < -0.39 is 10.0 Å². The van der Waals surface area contributed by atoms with Gasteiger partial charge < -0.3 is 5.73 Å². The molecule has 4 nitrogen and oxygen atoms in total. The number of hydrogen-bond acceptors (Lipinski definition) is 3. The molecule has 0 saturated carbocycles. The molecule has 3 N–H and O–H groups in total.